The van der Waals surface area contributed by atoms with Gasteiger partial charge in [0.2, 0.25) is 0 Å². The van der Waals surface area contributed by atoms with Crippen LogP contribution in [0.15, 0.2) is 18.2 Å². The van der Waals surface area contributed by atoms with Crippen LogP contribution in [0.3, 0.4) is 0 Å². The molecule has 0 amide bonds. The highest BCUT2D eigenvalue weighted by atomic mass is 16.5. The number of unbranched alkanes of at least 4 members (excludes halogenated alkanes) is 1. The smallest absolute Gasteiger partial charge is 0.119 e. The molecule has 1 rings (SSSR count). The maximum Gasteiger partial charge on any atom is 0.119 e. The number of hydrogen-bond acceptors (Lipinski definition) is 1. The molecule has 0 aliphatic carbocycles. The fourth-order valence-corrected chi connectivity index (χ4v) is 1.89. The molecule has 0 aliphatic heterocycles. The zero-order chi connectivity index (χ0) is 13.5. The predicted octanol–water partition coefficient (Wildman–Crippen LogP) is 5.19. The summed E-state index contributed by atoms with van der Waals surface area (Å²) in [5.74, 6) is 2.18. The molecule has 0 bridgehead atoms. The van der Waals surface area contributed by atoms with E-state index in [4.69, 9.17) is 4.74 Å². The molecule has 0 atom stereocenters. The highest BCUT2D eigenvalue weighted by molar-refractivity contribution is 5.36. The molecule has 0 N–H and O–H groups in total. The standard InChI is InChI=1S/C17H28O/c1-6-7-8-15-9-16(14(4)5)11-17(10-15)18-12-13(2)3/h9-11,13-14H,6-8,12H2,1-5H3. The van der Waals surface area contributed by atoms with E-state index in [-0.39, 0.29) is 0 Å². The lowest BCUT2D eigenvalue weighted by Crippen LogP contribution is -2.05. The molecular formula is C17H28O. The first-order chi connectivity index (χ1) is 8.52. The van der Waals surface area contributed by atoms with E-state index in [0.29, 0.717) is 11.8 Å². The van der Waals surface area contributed by atoms with Crippen LogP contribution in [0, 0.1) is 5.92 Å². The third kappa shape index (κ3) is 5.12. The van der Waals surface area contributed by atoms with Gasteiger partial charge in [-0.05, 0) is 47.9 Å². The molecule has 18 heavy (non-hydrogen) atoms. The third-order valence-corrected chi connectivity index (χ3v) is 3.06. The van der Waals surface area contributed by atoms with Crippen molar-refractivity contribution in [1.29, 1.82) is 0 Å². The maximum absolute atomic E-state index is 5.88. The topological polar surface area (TPSA) is 9.23 Å². The minimum Gasteiger partial charge on any atom is -0.493 e. The van der Waals surface area contributed by atoms with Crippen LogP contribution in [0.5, 0.6) is 5.75 Å². The van der Waals surface area contributed by atoms with Crippen LogP contribution < -0.4 is 4.74 Å². The molecule has 102 valence electrons. The SMILES string of the molecule is CCCCc1cc(OCC(C)C)cc(C(C)C)c1. The third-order valence-electron chi connectivity index (χ3n) is 3.06. The fraction of sp³-hybridized carbons (Fsp3) is 0.647. The summed E-state index contributed by atoms with van der Waals surface area (Å²) in [7, 11) is 0. The van der Waals surface area contributed by atoms with Crippen molar-refractivity contribution in [3.05, 3.63) is 29.3 Å². The number of ether oxygens (including phenoxy) is 1. The first-order valence-corrected chi connectivity index (χ1v) is 7.29. The van der Waals surface area contributed by atoms with Crippen molar-refractivity contribution >= 4 is 0 Å². The van der Waals surface area contributed by atoms with Crippen LogP contribution in [0.1, 0.15) is 64.5 Å². The number of aryl methyl sites for hydroxylation is 1. The molecule has 0 aromatic heterocycles. The average molecular weight is 248 g/mol. The maximum atomic E-state index is 5.88. The minimum absolute atomic E-state index is 0.563. The minimum atomic E-state index is 0.563. The second-order valence-corrected chi connectivity index (χ2v) is 5.87. The monoisotopic (exact) mass is 248 g/mol. The van der Waals surface area contributed by atoms with Crippen LogP contribution in [-0.2, 0) is 6.42 Å². The van der Waals surface area contributed by atoms with E-state index in [1.807, 2.05) is 0 Å². The molecule has 0 spiro atoms. The summed E-state index contributed by atoms with van der Waals surface area (Å²) in [6.45, 7) is 11.9. The van der Waals surface area contributed by atoms with Gasteiger partial charge in [-0.1, -0.05) is 47.1 Å². The normalized spacial score (nSPS) is 11.3. The quantitative estimate of drug-likeness (QED) is 0.645. The van der Waals surface area contributed by atoms with Gasteiger partial charge in [-0.25, -0.2) is 0 Å². The Bertz CT molecular complexity index is 353. The summed E-state index contributed by atoms with van der Waals surface area (Å²) in [5, 5.41) is 0. The van der Waals surface area contributed by atoms with Gasteiger partial charge in [0, 0.05) is 0 Å². The van der Waals surface area contributed by atoms with Crippen LogP contribution >= 0.6 is 0 Å². The van der Waals surface area contributed by atoms with Gasteiger partial charge in [0.15, 0.2) is 0 Å². The van der Waals surface area contributed by atoms with Crippen molar-refractivity contribution in [3.63, 3.8) is 0 Å². The van der Waals surface area contributed by atoms with Gasteiger partial charge in [0.1, 0.15) is 5.75 Å². The van der Waals surface area contributed by atoms with E-state index >= 15 is 0 Å². The van der Waals surface area contributed by atoms with Crippen LogP contribution in [-0.4, -0.2) is 6.61 Å². The van der Waals surface area contributed by atoms with Gasteiger partial charge in [-0.3, -0.25) is 0 Å². The molecule has 1 nitrogen and oxygen atoms in total. The van der Waals surface area contributed by atoms with Gasteiger partial charge in [-0.2, -0.15) is 0 Å². The van der Waals surface area contributed by atoms with Gasteiger partial charge in [-0.15, -0.1) is 0 Å². The van der Waals surface area contributed by atoms with E-state index in [2.05, 4.69) is 52.8 Å². The Morgan fingerprint density at radius 1 is 1.06 bits per heavy atom. The van der Waals surface area contributed by atoms with Crippen molar-refractivity contribution in [3.8, 4) is 5.75 Å². The Labute approximate surface area is 113 Å². The molecular weight excluding hydrogens is 220 g/mol. The van der Waals surface area contributed by atoms with E-state index in [9.17, 15) is 0 Å². The molecule has 0 radical (unpaired) electrons. The van der Waals surface area contributed by atoms with Gasteiger partial charge in [0.25, 0.3) is 0 Å². The Morgan fingerprint density at radius 3 is 2.33 bits per heavy atom. The van der Waals surface area contributed by atoms with Crippen molar-refractivity contribution < 1.29 is 4.74 Å². The van der Waals surface area contributed by atoms with E-state index < -0.39 is 0 Å². The van der Waals surface area contributed by atoms with Crippen LogP contribution in [0.2, 0.25) is 0 Å². The predicted molar refractivity (Wildman–Crippen MR) is 79.5 cm³/mol. The summed E-state index contributed by atoms with van der Waals surface area (Å²) in [6, 6.07) is 6.75. The molecule has 0 fully saturated rings. The Hall–Kier alpha value is -0.980. The summed E-state index contributed by atoms with van der Waals surface area (Å²) in [6.07, 6.45) is 3.66. The highest BCUT2D eigenvalue weighted by Crippen LogP contribution is 2.24. The van der Waals surface area contributed by atoms with Gasteiger partial charge < -0.3 is 4.74 Å². The first-order valence-electron chi connectivity index (χ1n) is 7.29. The zero-order valence-electron chi connectivity index (χ0n) is 12.6. The molecule has 1 heteroatoms. The molecule has 0 aliphatic rings. The van der Waals surface area contributed by atoms with Crippen molar-refractivity contribution in [2.45, 2.75) is 59.8 Å². The van der Waals surface area contributed by atoms with Crippen LogP contribution in [0.25, 0.3) is 0 Å². The van der Waals surface area contributed by atoms with Gasteiger partial charge in [0.05, 0.1) is 6.61 Å². The average Bonchev–Trinajstić information content (AvgIpc) is 2.33. The summed E-state index contributed by atoms with van der Waals surface area (Å²) >= 11 is 0. The molecule has 1 aromatic rings. The lowest BCUT2D eigenvalue weighted by atomic mass is 9.98. The first kappa shape index (κ1) is 15.1. The summed E-state index contributed by atoms with van der Waals surface area (Å²) < 4.78 is 5.88. The summed E-state index contributed by atoms with van der Waals surface area (Å²) in [5.41, 5.74) is 2.81. The van der Waals surface area contributed by atoms with Crippen molar-refractivity contribution in [2.75, 3.05) is 6.61 Å². The second-order valence-electron chi connectivity index (χ2n) is 5.87. The molecule has 0 unspecified atom stereocenters. The van der Waals surface area contributed by atoms with E-state index in [0.717, 1.165) is 18.8 Å². The van der Waals surface area contributed by atoms with Crippen molar-refractivity contribution in [1.82, 2.24) is 0 Å². The Balaban J connectivity index is 2.83. The number of benzene rings is 1. The lowest BCUT2D eigenvalue weighted by molar-refractivity contribution is 0.270. The lowest BCUT2D eigenvalue weighted by Gasteiger charge is -2.14. The van der Waals surface area contributed by atoms with E-state index in [1.165, 1.54) is 24.0 Å². The van der Waals surface area contributed by atoms with E-state index in [1.54, 1.807) is 0 Å². The number of hydrogen-bond donors (Lipinski definition) is 0. The Morgan fingerprint density at radius 2 is 1.78 bits per heavy atom. The molecule has 1 aromatic carbocycles. The van der Waals surface area contributed by atoms with Crippen LogP contribution in [0.4, 0.5) is 0 Å². The molecule has 0 saturated carbocycles. The fourth-order valence-electron chi connectivity index (χ4n) is 1.89. The largest absolute Gasteiger partial charge is 0.493 e. The molecule has 0 saturated heterocycles. The summed E-state index contributed by atoms with van der Waals surface area (Å²) in [4.78, 5) is 0. The van der Waals surface area contributed by atoms with Crippen molar-refractivity contribution in [2.24, 2.45) is 5.92 Å². The van der Waals surface area contributed by atoms with Gasteiger partial charge >= 0.3 is 0 Å². The Kier molecular flexibility index (Phi) is 6.24. The number of rotatable bonds is 7. The second kappa shape index (κ2) is 7.45. The molecule has 0 heterocycles. The zero-order valence-corrected chi connectivity index (χ0v) is 12.6. The highest BCUT2D eigenvalue weighted by Gasteiger charge is 2.06.